The fourth-order valence-corrected chi connectivity index (χ4v) is 4.20. The average Bonchev–Trinajstić information content (AvgIpc) is 3.69. The van der Waals surface area contributed by atoms with Crippen LogP contribution >= 0.6 is 0 Å². The van der Waals surface area contributed by atoms with Crippen molar-refractivity contribution < 1.29 is 18.9 Å². The Morgan fingerprint density at radius 3 is 1.53 bits per heavy atom. The van der Waals surface area contributed by atoms with Gasteiger partial charge in [0, 0.05) is 22.3 Å². The van der Waals surface area contributed by atoms with E-state index in [2.05, 4.69) is 26.5 Å². The largest absolute Gasteiger partial charge is 0.454 e. The van der Waals surface area contributed by atoms with Crippen LogP contribution in [0.15, 0.2) is 72.8 Å². The monoisotopic (exact) mass is 450 g/mol. The Bertz CT molecular complexity index is 1430. The van der Waals surface area contributed by atoms with Gasteiger partial charge in [0.1, 0.15) is 0 Å². The van der Waals surface area contributed by atoms with Crippen LogP contribution in [0.5, 0.6) is 23.0 Å². The first-order valence-corrected chi connectivity index (χ1v) is 10.8. The van der Waals surface area contributed by atoms with E-state index >= 15 is 0 Å². The second-order valence-electron chi connectivity index (χ2n) is 8.05. The molecule has 0 aliphatic carbocycles. The molecule has 2 aliphatic rings. The molecule has 8 heteroatoms. The third kappa shape index (κ3) is 3.15. The smallest absolute Gasteiger partial charge is 0.231 e. The summed E-state index contributed by atoms with van der Waals surface area (Å²) in [6, 6.07) is 23.9. The number of benzene rings is 3. The lowest BCUT2D eigenvalue weighted by atomic mass is 10.0. The second-order valence-corrected chi connectivity index (χ2v) is 8.05. The minimum absolute atomic E-state index is 0.253. The van der Waals surface area contributed by atoms with Crippen molar-refractivity contribution in [3.05, 3.63) is 72.8 Å². The van der Waals surface area contributed by atoms with Gasteiger partial charge in [-0.15, -0.1) is 0 Å². The van der Waals surface area contributed by atoms with E-state index in [9.17, 15) is 0 Å². The summed E-state index contributed by atoms with van der Waals surface area (Å²) in [5.41, 5.74) is 7.47. The predicted octanol–water partition coefficient (Wildman–Crippen LogP) is 5.26. The van der Waals surface area contributed by atoms with Gasteiger partial charge in [-0.2, -0.15) is 10.2 Å². The standard InChI is InChI=1S/C26H18N4O4/c1-2-15(19-11-21(29-27-19)17-4-6-23-25(9-17)33-13-31-23)8-16(3-1)20-12-22(30-28-20)18-5-7-24-26(10-18)34-14-32-24/h1-12H,13-14H2,(H,27,29)(H,28,30). The highest BCUT2D eigenvalue weighted by Gasteiger charge is 2.17. The quantitative estimate of drug-likeness (QED) is 0.388. The van der Waals surface area contributed by atoms with Crippen LogP contribution in [0.1, 0.15) is 0 Å². The van der Waals surface area contributed by atoms with Gasteiger partial charge in [0.2, 0.25) is 13.6 Å². The summed E-state index contributed by atoms with van der Waals surface area (Å²) in [6.07, 6.45) is 0. The van der Waals surface area contributed by atoms with Gasteiger partial charge in [0.05, 0.1) is 22.8 Å². The zero-order chi connectivity index (χ0) is 22.5. The number of aromatic amines is 2. The summed E-state index contributed by atoms with van der Waals surface area (Å²) in [4.78, 5) is 0. The number of hydrogen-bond donors (Lipinski definition) is 2. The van der Waals surface area contributed by atoms with E-state index in [0.717, 1.165) is 68.0 Å². The zero-order valence-corrected chi connectivity index (χ0v) is 17.9. The molecule has 0 atom stereocenters. The average molecular weight is 450 g/mol. The minimum atomic E-state index is 0.253. The van der Waals surface area contributed by atoms with E-state index in [0.29, 0.717) is 0 Å². The lowest BCUT2D eigenvalue weighted by Crippen LogP contribution is -1.92. The fourth-order valence-electron chi connectivity index (χ4n) is 4.20. The summed E-state index contributed by atoms with van der Waals surface area (Å²) >= 11 is 0. The molecule has 7 rings (SSSR count). The number of rotatable bonds is 4. The molecule has 2 aliphatic heterocycles. The van der Waals surface area contributed by atoms with Gasteiger partial charge >= 0.3 is 0 Å². The molecule has 0 bridgehead atoms. The molecule has 0 unspecified atom stereocenters. The summed E-state index contributed by atoms with van der Waals surface area (Å²) in [5, 5.41) is 15.3. The first-order chi connectivity index (χ1) is 16.8. The molecular weight excluding hydrogens is 432 g/mol. The van der Waals surface area contributed by atoms with Crippen LogP contribution in [0, 0.1) is 0 Å². The molecule has 0 radical (unpaired) electrons. The third-order valence-electron chi connectivity index (χ3n) is 5.98. The lowest BCUT2D eigenvalue weighted by molar-refractivity contribution is 0.173. The van der Waals surface area contributed by atoms with Crippen molar-refractivity contribution in [2.75, 3.05) is 13.6 Å². The van der Waals surface area contributed by atoms with Gasteiger partial charge in [0.15, 0.2) is 23.0 Å². The van der Waals surface area contributed by atoms with Crippen molar-refractivity contribution in [2.24, 2.45) is 0 Å². The Morgan fingerprint density at radius 1 is 0.500 bits per heavy atom. The molecule has 0 saturated heterocycles. The molecule has 166 valence electrons. The topological polar surface area (TPSA) is 94.3 Å². The zero-order valence-electron chi connectivity index (χ0n) is 17.9. The van der Waals surface area contributed by atoms with Gasteiger partial charge in [-0.05, 0) is 54.6 Å². The summed E-state index contributed by atoms with van der Waals surface area (Å²) in [7, 11) is 0. The normalized spacial score (nSPS) is 13.4. The Hall–Kier alpha value is -4.72. The molecule has 0 fully saturated rings. The predicted molar refractivity (Wildman–Crippen MR) is 125 cm³/mol. The molecule has 3 aromatic carbocycles. The number of ether oxygens (including phenoxy) is 4. The Balaban J connectivity index is 1.17. The second kappa shape index (κ2) is 7.41. The van der Waals surface area contributed by atoms with E-state index in [1.54, 1.807) is 0 Å². The van der Waals surface area contributed by atoms with Gasteiger partial charge in [-0.3, -0.25) is 10.2 Å². The van der Waals surface area contributed by atoms with Gasteiger partial charge in [0.25, 0.3) is 0 Å². The molecule has 2 aromatic heterocycles. The molecule has 34 heavy (non-hydrogen) atoms. The highest BCUT2D eigenvalue weighted by Crippen LogP contribution is 2.37. The maximum Gasteiger partial charge on any atom is 0.231 e. The maximum atomic E-state index is 5.49. The van der Waals surface area contributed by atoms with E-state index < -0.39 is 0 Å². The van der Waals surface area contributed by atoms with E-state index in [1.165, 1.54) is 0 Å². The van der Waals surface area contributed by atoms with E-state index in [1.807, 2.05) is 66.7 Å². The fraction of sp³-hybridized carbons (Fsp3) is 0.0769. The number of H-pyrrole nitrogens is 2. The minimum Gasteiger partial charge on any atom is -0.454 e. The number of aromatic nitrogens is 4. The highest BCUT2D eigenvalue weighted by molar-refractivity contribution is 5.75. The molecule has 5 aromatic rings. The van der Waals surface area contributed by atoms with Crippen LogP contribution in [-0.4, -0.2) is 34.0 Å². The molecule has 0 spiro atoms. The molecule has 8 nitrogen and oxygen atoms in total. The van der Waals surface area contributed by atoms with Crippen molar-refractivity contribution in [1.82, 2.24) is 20.4 Å². The van der Waals surface area contributed by atoms with Crippen LogP contribution < -0.4 is 18.9 Å². The number of fused-ring (bicyclic) bond motifs is 2. The van der Waals surface area contributed by atoms with Crippen molar-refractivity contribution in [2.45, 2.75) is 0 Å². The number of nitrogens with zero attached hydrogens (tertiary/aromatic N) is 2. The van der Waals surface area contributed by atoms with Gasteiger partial charge in [-0.1, -0.05) is 18.2 Å². The molecular formula is C26H18N4O4. The van der Waals surface area contributed by atoms with Crippen LogP contribution in [0.2, 0.25) is 0 Å². The van der Waals surface area contributed by atoms with Crippen molar-refractivity contribution >= 4 is 0 Å². The van der Waals surface area contributed by atoms with Crippen LogP contribution in [0.4, 0.5) is 0 Å². The van der Waals surface area contributed by atoms with Gasteiger partial charge < -0.3 is 18.9 Å². The Labute approximate surface area is 194 Å². The molecule has 4 heterocycles. The summed E-state index contributed by atoms with van der Waals surface area (Å²) in [5.74, 6) is 3.01. The third-order valence-corrected chi connectivity index (χ3v) is 5.98. The van der Waals surface area contributed by atoms with E-state index in [-0.39, 0.29) is 13.6 Å². The summed E-state index contributed by atoms with van der Waals surface area (Å²) < 4.78 is 21.8. The van der Waals surface area contributed by atoms with Crippen molar-refractivity contribution in [3.63, 3.8) is 0 Å². The van der Waals surface area contributed by atoms with Gasteiger partial charge in [-0.25, -0.2) is 0 Å². The van der Waals surface area contributed by atoms with Crippen LogP contribution in [-0.2, 0) is 0 Å². The number of nitrogens with one attached hydrogen (secondary N) is 2. The SMILES string of the molecule is c1cc(-c2cc(-c3ccc4c(c3)OCO4)[nH]n2)cc(-c2cc(-c3ccc4c(c3)OCO4)[nH]n2)c1. The van der Waals surface area contributed by atoms with E-state index in [4.69, 9.17) is 18.9 Å². The van der Waals surface area contributed by atoms with Crippen LogP contribution in [0.25, 0.3) is 45.0 Å². The first kappa shape index (κ1) is 18.8. The molecule has 0 amide bonds. The summed E-state index contributed by atoms with van der Waals surface area (Å²) in [6.45, 7) is 0.507. The highest BCUT2D eigenvalue weighted by atomic mass is 16.7. The number of hydrogen-bond acceptors (Lipinski definition) is 6. The molecule has 2 N–H and O–H groups in total. The van der Waals surface area contributed by atoms with Crippen LogP contribution in [0.3, 0.4) is 0 Å². The lowest BCUT2D eigenvalue weighted by Gasteiger charge is -2.01. The molecule has 0 saturated carbocycles. The van der Waals surface area contributed by atoms with Crippen molar-refractivity contribution in [3.8, 4) is 68.0 Å². The Morgan fingerprint density at radius 2 is 1.00 bits per heavy atom. The first-order valence-electron chi connectivity index (χ1n) is 10.8. The maximum absolute atomic E-state index is 5.49. The Kier molecular flexibility index (Phi) is 4.10. The van der Waals surface area contributed by atoms with Crippen molar-refractivity contribution in [1.29, 1.82) is 0 Å².